The Morgan fingerprint density at radius 1 is 1.26 bits per heavy atom. The molecule has 0 aliphatic carbocycles. The van der Waals surface area contributed by atoms with Gasteiger partial charge in [0.2, 0.25) is 10.0 Å². The van der Waals surface area contributed by atoms with Gasteiger partial charge in [0.1, 0.15) is 5.75 Å². The molecule has 0 atom stereocenters. The zero-order valence-electron chi connectivity index (χ0n) is 13.5. The van der Waals surface area contributed by atoms with Crippen LogP contribution in [0.2, 0.25) is 0 Å². The van der Waals surface area contributed by atoms with E-state index in [1.54, 1.807) is 32.2 Å². The maximum absolute atomic E-state index is 12.8. The van der Waals surface area contributed by atoms with E-state index < -0.39 is 16.1 Å². The third-order valence-corrected chi connectivity index (χ3v) is 6.02. The van der Waals surface area contributed by atoms with Crippen LogP contribution in [-0.2, 0) is 14.8 Å². The first-order valence-electron chi connectivity index (χ1n) is 7.37. The summed E-state index contributed by atoms with van der Waals surface area (Å²) in [6.45, 7) is 2.48. The molecule has 0 bridgehead atoms. The van der Waals surface area contributed by atoms with Gasteiger partial charge in [-0.1, -0.05) is 0 Å². The normalized spacial score (nSPS) is 16.8. The third kappa shape index (κ3) is 3.94. The van der Waals surface area contributed by atoms with Crippen LogP contribution in [0.25, 0.3) is 0 Å². The van der Waals surface area contributed by atoms with Gasteiger partial charge in [0, 0.05) is 19.1 Å². The first-order valence-corrected chi connectivity index (χ1v) is 8.81. The van der Waals surface area contributed by atoms with Crippen LogP contribution in [-0.4, -0.2) is 52.2 Å². The molecule has 8 heteroatoms. The lowest BCUT2D eigenvalue weighted by atomic mass is 10.1. The van der Waals surface area contributed by atoms with Gasteiger partial charge in [0.15, 0.2) is 0 Å². The van der Waals surface area contributed by atoms with Crippen molar-refractivity contribution in [1.82, 2.24) is 9.62 Å². The topological polar surface area (TPSA) is 84.9 Å². The number of alkyl carbamates (subject to hydrolysis) is 1. The highest BCUT2D eigenvalue weighted by atomic mass is 32.2. The fourth-order valence-electron chi connectivity index (χ4n) is 2.64. The number of rotatable bonds is 4. The summed E-state index contributed by atoms with van der Waals surface area (Å²) < 4.78 is 36.7. The number of hydrogen-bond donors (Lipinski definition) is 1. The summed E-state index contributed by atoms with van der Waals surface area (Å²) in [7, 11) is -0.691. The monoisotopic (exact) mass is 342 g/mol. The molecule has 1 N–H and O–H groups in total. The molecule has 1 heterocycles. The van der Waals surface area contributed by atoms with E-state index in [9.17, 15) is 13.2 Å². The molecule has 1 aliphatic heterocycles. The van der Waals surface area contributed by atoms with Crippen molar-refractivity contribution < 1.29 is 22.7 Å². The number of aryl methyl sites for hydroxylation is 1. The van der Waals surface area contributed by atoms with Crippen LogP contribution in [0, 0.1) is 6.92 Å². The zero-order chi connectivity index (χ0) is 17.0. The number of carbonyl (C=O) groups is 1. The molecular formula is C15H22N2O5S. The van der Waals surface area contributed by atoms with Gasteiger partial charge < -0.3 is 14.8 Å². The van der Waals surface area contributed by atoms with Crippen LogP contribution >= 0.6 is 0 Å². The number of carbonyl (C=O) groups excluding carboxylic acids is 1. The maximum atomic E-state index is 12.8. The largest absolute Gasteiger partial charge is 0.497 e. The van der Waals surface area contributed by atoms with E-state index in [2.05, 4.69) is 10.1 Å². The van der Waals surface area contributed by atoms with Gasteiger partial charge in [-0.15, -0.1) is 0 Å². The first kappa shape index (κ1) is 17.6. The molecule has 0 spiro atoms. The highest BCUT2D eigenvalue weighted by Crippen LogP contribution is 2.26. The second-order valence-electron chi connectivity index (χ2n) is 5.45. The SMILES string of the molecule is COC(=O)NC1CCN(S(=O)(=O)c2ccc(OC)cc2C)CC1. The molecule has 1 aliphatic rings. The zero-order valence-corrected chi connectivity index (χ0v) is 14.4. The van der Waals surface area contributed by atoms with E-state index in [0.717, 1.165) is 0 Å². The van der Waals surface area contributed by atoms with Crippen molar-refractivity contribution in [3.8, 4) is 5.75 Å². The smallest absolute Gasteiger partial charge is 0.407 e. The summed E-state index contributed by atoms with van der Waals surface area (Å²) in [4.78, 5) is 11.5. The van der Waals surface area contributed by atoms with Crippen LogP contribution in [0.5, 0.6) is 5.75 Å². The minimum atomic E-state index is -3.54. The Morgan fingerprint density at radius 2 is 1.91 bits per heavy atom. The van der Waals surface area contributed by atoms with Crippen molar-refractivity contribution in [2.24, 2.45) is 0 Å². The Morgan fingerprint density at radius 3 is 2.43 bits per heavy atom. The summed E-state index contributed by atoms with van der Waals surface area (Å²) in [5.41, 5.74) is 0.652. The second kappa shape index (κ2) is 7.18. The molecule has 1 aromatic carbocycles. The maximum Gasteiger partial charge on any atom is 0.407 e. The number of amides is 1. The summed E-state index contributed by atoms with van der Waals surface area (Å²) in [6, 6.07) is 4.86. The van der Waals surface area contributed by atoms with Gasteiger partial charge in [-0.25, -0.2) is 13.2 Å². The standard InChI is InChI=1S/C15H22N2O5S/c1-11-10-13(21-2)4-5-14(11)23(19,20)17-8-6-12(7-9-17)16-15(18)22-3/h4-5,10,12H,6-9H2,1-3H3,(H,16,18). The van der Waals surface area contributed by atoms with E-state index >= 15 is 0 Å². The lowest BCUT2D eigenvalue weighted by Gasteiger charge is -2.31. The number of ether oxygens (including phenoxy) is 2. The first-order chi connectivity index (χ1) is 10.9. The average molecular weight is 342 g/mol. The molecule has 2 rings (SSSR count). The van der Waals surface area contributed by atoms with Crippen LogP contribution < -0.4 is 10.1 Å². The minimum absolute atomic E-state index is 0.0640. The van der Waals surface area contributed by atoms with E-state index in [4.69, 9.17) is 4.74 Å². The number of sulfonamides is 1. The quantitative estimate of drug-likeness (QED) is 0.896. The number of methoxy groups -OCH3 is 2. The van der Waals surface area contributed by atoms with Crippen LogP contribution in [0.4, 0.5) is 4.79 Å². The average Bonchev–Trinajstić information content (AvgIpc) is 2.54. The molecule has 7 nitrogen and oxygen atoms in total. The van der Waals surface area contributed by atoms with Crippen LogP contribution in [0.3, 0.4) is 0 Å². The van der Waals surface area contributed by atoms with Crippen molar-refractivity contribution in [2.45, 2.75) is 30.7 Å². The minimum Gasteiger partial charge on any atom is -0.497 e. The molecule has 0 unspecified atom stereocenters. The highest BCUT2D eigenvalue weighted by molar-refractivity contribution is 7.89. The van der Waals surface area contributed by atoms with E-state index in [0.29, 0.717) is 37.2 Å². The number of benzene rings is 1. The van der Waals surface area contributed by atoms with Gasteiger partial charge in [0.05, 0.1) is 19.1 Å². The van der Waals surface area contributed by atoms with Gasteiger partial charge >= 0.3 is 6.09 Å². The van der Waals surface area contributed by atoms with E-state index in [1.165, 1.54) is 11.4 Å². The van der Waals surface area contributed by atoms with Crippen molar-refractivity contribution in [1.29, 1.82) is 0 Å². The second-order valence-corrected chi connectivity index (χ2v) is 7.35. The molecule has 0 saturated carbocycles. The van der Waals surface area contributed by atoms with Crippen molar-refractivity contribution in [2.75, 3.05) is 27.3 Å². The van der Waals surface area contributed by atoms with Crippen molar-refractivity contribution in [3.63, 3.8) is 0 Å². The Hall–Kier alpha value is -1.80. The van der Waals surface area contributed by atoms with Crippen molar-refractivity contribution in [3.05, 3.63) is 23.8 Å². The Labute approximate surface area is 136 Å². The fraction of sp³-hybridized carbons (Fsp3) is 0.533. The van der Waals surface area contributed by atoms with Gasteiger partial charge in [0.25, 0.3) is 0 Å². The molecule has 128 valence electrons. The highest BCUT2D eigenvalue weighted by Gasteiger charge is 2.31. The molecule has 1 saturated heterocycles. The van der Waals surface area contributed by atoms with Crippen LogP contribution in [0.15, 0.2) is 23.1 Å². The molecule has 0 aromatic heterocycles. The fourth-order valence-corrected chi connectivity index (χ4v) is 4.32. The third-order valence-electron chi connectivity index (χ3n) is 3.96. The van der Waals surface area contributed by atoms with E-state index in [1.807, 2.05) is 0 Å². The molecule has 1 fully saturated rings. The molecule has 23 heavy (non-hydrogen) atoms. The Balaban J connectivity index is 2.09. The number of nitrogens with zero attached hydrogens (tertiary/aromatic N) is 1. The van der Waals surface area contributed by atoms with Gasteiger partial charge in [-0.05, 0) is 43.5 Å². The van der Waals surface area contributed by atoms with Crippen LogP contribution in [0.1, 0.15) is 18.4 Å². The summed E-state index contributed by atoms with van der Waals surface area (Å²) in [6.07, 6.45) is 0.630. The van der Waals surface area contributed by atoms with Gasteiger partial charge in [-0.2, -0.15) is 4.31 Å². The summed E-state index contributed by atoms with van der Waals surface area (Å²) in [5, 5.41) is 2.71. The number of nitrogens with one attached hydrogen (secondary N) is 1. The molecule has 1 aromatic rings. The molecule has 1 amide bonds. The summed E-state index contributed by atoms with van der Waals surface area (Å²) >= 11 is 0. The molecular weight excluding hydrogens is 320 g/mol. The number of hydrogen-bond acceptors (Lipinski definition) is 5. The van der Waals surface area contributed by atoms with Crippen molar-refractivity contribution >= 4 is 16.1 Å². The summed E-state index contributed by atoms with van der Waals surface area (Å²) in [5.74, 6) is 0.627. The molecule has 0 radical (unpaired) electrons. The predicted octanol–water partition coefficient (Wildman–Crippen LogP) is 1.51. The lowest BCUT2D eigenvalue weighted by Crippen LogP contribution is -2.46. The van der Waals surface area contributed by atoms with Gasteiger partial charge in [-0.3, -0.25) is 0 Å². The Kier molecular flexibility index (Phi) is 5.48. The lowest BCUT2D eigenvalue weighted by molar-refractivity contribution is 0.161. The predicted molar refractivity (Wildman–Crippen MR) is 85.1 cm³/mol. The number of piperidine rings is 1. The van der Waals surface area contributed by atoms with E-state index in [-0.39, 0.29) is 10.9 Å². The Bertz CT molecular complexity index is 666.